The maximum Gasteiger partial charge on any atom is 0.323 e. The van der Waals surface area contributed by atoms with Gasteiger partial charge in [-0.25, -0.2) is 23.2 Å². The van der Waals surface area contributed by atoms with Crippen LogP contribution in [0.1, 0.15) is 5.56 Å². The van der Waals surface area contributed by atoms with E-state index in [-0.39, 0.29) is 18.7 Å². The molecule has 0 bridgehead atoms. The average molecular weight is 513 g/mol. The first-order valence-electron chi connectivity index (χ1n) is 10.9. The Kier molecular flexibility index (Phi) is 7.47. The summed E-state index contributed by atoms with van der Waals surface area (Å²) in [5.41, 5.74) is 0.00549. The number of aromatic nitrogens is 3. The molecule has 4 aromatic rings. The number of urea groups is 1. The van der Waals surface area contributed by atoms with Crippen LogP contribution in [0.25, 0.3) is 0 Å². The van der Waals surface area contributed by atoms with Crippen LogP contribution in [0.5, 0.6) is 0 Å². The molecule has 4 rings (SSSR count). The first-order valence-corrected chi connectivity index (χ1v) is 11.2. The molecule has 8 nitrogen and oxygen atoms in total. The molecule has 11 heteroatoms. The van der Waals surface area contributed by atoms with Crippen LogP contribution in [0.15, 0.2) is 79.4 Å². The predicted octanol–water partition coefficient (Wildman–Crippen LogP) is 4.88. The summed E-state index contributed by atoms with van der Waals surface area (Å²) in [5.74, 6) is -1.60. The monoisotopic (exact) mass is 512 g/mol. The molecule has 1 atom stereocenters. The quantitative estimate of drug-likeness (QED) is 0.313. The maximum atomic E-state index is 14.7. The minimum Gasteiger partial charge on any atom is -0.381 e. The van der Waals surface area contributed by atoms with Gasteiger partial charge in [-0.1, -0.05) is 17.7 Å². The Labute approximate surface area is 211 Å². The lowest BCUT2D eigenvalue weighted by atomic mass is 9.92. The summed E-state index contributed by atoms with van der Waals surface area (Å²) in [5, 5.41) is 21.5. The predicted molar refractivity (Wildman–Crippen MR) is 134 cm³/mol. The van der Waals surface area contributed by atoms with Gasteiger partial charge in [0.15, 0.2) is 0 Å². The van der Waals surface area contributed by atoms with Gasteiger partial charge in [-0.3, -0.25) is 0 Å². The number of likely N-dealkylation sites (N-methyl/N-ethyl adjacent to an activating group) is 1. The van der Waals surface area contributed by atoms with Crippen LogP contribution >= 0.6 is 11.6 Å². The van der Waals surface area contributed by atoms with Gasteiger partial charge in [-0.15, -0.1) is 0 Å². The third kappa shape index (κ3) is 6.15. The average Bonchev–Trinajstić information content (AvgIpc) is 3.33. The van der Waals surface area contributed by atoms with E-state index in [0.29, 0.717) is 22.1 Å². The van der Waals surface area contributed by atoms with E-state index in [0.717, 1.165) is 12.1 Å². The van der Waals surface area contributed by atoms with Crippen molar-refractivity contribution in [1.29, 1.82) is 0 Å². The van der Waals surface area contributed by atoms with Crippen molar-refractivity contribution in [1.82, 2.24) is 14.8 Å². The summed E-state index contributed by atoms with van der Waals surface area (Å²) in [6, 6.07) is 16.2. The van der Waals surface area contributed by atoms with Crippen LogP contribution in [0.3, 0.4) is 0 Å². The van der Waals surface area contributed by atoms with Crippen molar-refractivity contribution < 1.29 is 18.7 Å². The Balaban J connectivity index is 1.47. The van der Waals surface area contributed by atoms with Crippen molar-refractivity contribution in [2.24, 2.45) is 0 Å². The van der Waals surface area contributed by atoms with Crippen LogP contribution in [0.2, 0.25) is 5.02 Å². The van der Waals surface area contributed by atoms with Gasteiger partial charge >= 0.3 is 6.03 Å². The lowest BCUT2D eigenvalue weighted by Gasteiger charge is -2.34. The summed E-state index contributed by atoms with van der Waals surface area (Å²) in [4.78, 5) is 17.8. The molecule has 0 aliphatic rings. The van der Waals surface area contributed by atoms with Crippen LogP contribution < -0.4 is 15.5 Å². The normalized spacial score (nSPS) is 12.6. The SMILES string of the molecule is CN(CC(O)(Cn1cncn1)c1ccc(F)cc1F)c1ccc(NC(=O)Nc2ccc(Cl)cc2)cc1. The van der Waals surface area contributed by atoms with Crippen molar-refractivity contribution >= 4 is 34.7 Å². The van der Waals surface area contributed by atoms with Gasteiger partial charge in [-0.2, -0.15) is 5.10 Å². The zero-order valence-corrected chi connectivity index (χ0v) is 20.0. The number of carbonyl (C=O) groups excluding carboxylic acids is 1. The van der Waals surface area contributed by atoms with E-state index < -0.39 is 23.3 Å². The fraction of sp³-hybridized carbons (Fsp3) is 0.160. The summed E-state index contributed by atoms with van der Waals surface area (Å²) in [7, 11) is 1.73. The Bertz CT molecular complexity index is 1320. The van der Waals surface area contributed by atoms with E-state index in [9.17, 15) is 18.7 Å². The van der Waals surface area contributed by atoms with Gasteiger partial charge in [0.2, 0.25) is 0 Å². The second-order valence-electron chi connectivity index (χ2n) is 8.24. The minimum atomic E-state index is -1.75. The van der Waals surface area contributed by atoms with Crippen LogP contribution in [0.4, 0.5) is 30.6 Å². The highest BCUT2D eigenvalue weighted by Crippen LogP contribution is 2.29. The van der Waals surface area contributed by atoms with E-state index >= 15 is 0 Å². The number of halogens is 3. The van der Waals surface area contributed by atoms with Crippen LogP contribution in [-0.2, 0) is 12.1 Å². The highest BCUT2D eigenvalue weighted by atomic mass is 35.5. The second-order valence-corrected chi connectivity index (χ2v) is 8.67. The highest BCUT2D eigenvalue weighted by Gasteiger charge is 2.35. The lowest BCUT2D eigenvalue weighted by Crippen LogP contribution is -2.43. The van der Waals surface area contributed by atoms with Crippen molar-refractivity contribution in [3.05, 3.63) is 102 Å². The van der Waals surface area contributed by atoms with Gasteiger partial charge in [-0.05, 0) is 54.6 Å². The Morgan fingerprint density at radius 2 is 1.69 bits per heavy atom. The van der Waals surface area contributed by atoms with Crippen molar-refractivity contribution in [3.63, 3.8) is 0 Å². The zero-order valence-electron chi connectivity index (χ0n) is 19.2. The summed E-state index contributed by atoms with van der Waals surface area (Å²) >= 11 is 5.85. The second kappa shape index (κ2) is 10.7. The number of benzene rings is 3. The molecule has 1 unspecified atom stereocenters. The Hall–Kier alpha value is -4.02. The first-order chi connectivity index (χ1) is 17.2. The molecular weight excluding hydrogens is 490 g/mol. The number of anilines is 3. The molecule has 3 N–H and O–H groups in total. The number of nitrogens with one attached hydrogen (secondary N) is 2. The van der Waals surface area contributed by atoms with E-state index in [1.165, 1.54) is 23.4 Å². The van der Waals surface area contributed by atoms with Crippen LogP contribution in [-0.4, -0.2) is 39.5 Å². The molecule has 2 amide bonds. The van der Waals surface area contributed by atoms with Gasteiger partial charge in [0.25, 0.3) is 0 Å². The molecule has 186 valence electrons. The molecule has 0 saturated heterocycles. The van der Waals surface area contributed by atoms with Crippen molar-refractivity contribution in [2.45, 2.75) is 12.1 Å². The standard InChI is InChI=1S/C25H23ClF2N6O2/c1-33(13-25(36,14-34-16-29-15-30-34)22-11-4-18(27)12-23(22)28)21-9-7-20(8-10-21)32-24(35)31-19-5-2-17(26)3-6-19/h2-12,15-16,36H,13-14H2,1H3,(H2,31,32,35). The number of amides is 2. The molecule has 0 saturated carbocycles. The van der Waals surface area contributed by atoms with E-state index in [2.05, 4.69) is 20.7 Å². The molecule has 36 heavy (non-hydrogen) atoms. The number of aliphatic hydroxyl groups is 1. The van der Waals surface area contributed by atoms with Crippen LogP contribution in [0, 0.1) is 11.6 Å². The number of carbonyl (C=O) groups is 1. The molecule has 0 spiro atoms. The summed E-state index contributed by atoms with van der Waals surface area (Å²) in [6.07, 6.45) is 2.71. The number of rotatable bonds is 8. The third-order valence-corrected chi connectivity index (χ3v) is 5.74. The Morgan fingerprint density at radius 3 is 2.28 bits per heavy atom. The van der Waals surface area contributed by atoms with E-state index in [1.54, 1.807) is 60.5 Å². The fourth-order valence-corrected chi connectivity index (χ4v) is 3.91. The molecule has 3 aromatic carbocycles. The largest absolute Gasteiger partial charge is 0.381 e. The Morgan fingerprint density at radius 1 is 1.06 bits per heavy atom. The molecule has 1 aromatic heterocycles. The minimum absolute atomic E-state index is 0.0424. The van der Waals surface area contributed by atoms with Gasteiger partial charge < -0.3 is 20.6 Å². The smallest absolute Gasteiger partial charge is 0.323 e. The topological polar surface area (TPSA) is 95.3 Å². The molecule has 0 radical (unpaired) electrons. The van der Waals surface area contributed by atoms with Gasteiger partial charge in [0, 0.05) is 40.8 Å². The molecule has 0 fully saturated rings. The zero-order chi connectivity index (χ0) is 25.7. The molecule has 1 heterocycles. The molecule has 0 aliphatic heterocycles. The van der Waals surface area contributed by atoms with Gasteiger partial charge in [0.1, 0.15) is 29.9 Å². The lowest BCUT2D eigenvalue weighted by molar-refractivity contribution is 0.0195. The third-order valence-electron chi connectivity index (χ3n) is 5.49. The highest BCUT2D eigenvalue weighted by molar-refractivity contribution is 6.30. The summed E-state index contributed by atoms with van der Waals surface area (Å²) < 4.78 is 29.5. The maximum absolute atomic E-state index is 14.7. The van der Waals surface area contributed by atoms with Crippen molar-refractivity contribution in [3.8, 4) is 0 Å². The van der Waals surface area contributed by atoms with Crippen molar-refractivity contribution in [2.75, 3.05) is 29.1 Å². The number of nitrogens with zero attached hydrogens (tertiary/aromatic N) is 4. The fourth-order valence-electron chi connectivity index (χ4n) is 3.78. The molecule has 0 aliphatic carbocycles. The van der Waals surface area contributed by atoms with E-state index in [4.69, 9.17) is 11.6 Å². The molecular formula is C25H23ClF2N6O2. The summed E-state index contributed by atoms with van der Waals surface area (Å²) in [6.45, 7) is -0.149. The van der Waals surface area contributed by atoms with E-state index in [1.807, 2.05) is 0 Å². The van der Waals surface area contributed by atoms with Gasteiger partial charge in [0.05, 0.1) is 13.1 Å². The first kappa shape index (κ1) is 25.1. The number of hydrogen-bond donors (Lipinski definition) is 3. The number of hydrogen-bond acceptors (Lipinski definition) is 5.